The van der Waals surface area contributed by atoms with Gasteiger partial charge in [-0.2, -0.15) is 13.2 Å². The van der Waals surface area contributed by atoms with E-state index in [-0.39, 0.29) is 36.0 Å². The van der Waals surface area contributed by atoms with Crippen LogP contribution < -0.4 is 5.32 Å². The van der Waals surface area contributed by atoms with Gasteiger partial charge >= 0.3 is 18.2 Å². The summed E-state index contributed by atoms with van der Waals surface area (Å²) in [5.74, 6) is -1.01. The van der Waals surface area contributed by atoms with Crippen LogP contribution in [0.25, 0.3) is 5.65 Å². The van der Waals surface area contributed by atoms with Crippen molar-refractivity contribution in [2.75, 3.05) is 13.6 Å². The molecule has 0 aliphatic carbocycles. The van der Waals surface area contributed by atoms with E-state index in [1.54, 1.807) is 0 Å². The van der Waals surface area contributed by atoms with E-state index in [1.165, 1.54) is 7.05 Å². The molecule has 0 aromatic carbocycles. The number of amides is 2. The van der Waals surface area contributed by atoms with Crippen LogP contribution in [0.1, 0.15) is 17.8 Å². The van der Waals surface area contributed by atoms with Gasteiger partial charge in [0.05, 0.1) is 23.6 Å². The van der Waals surface area contributed by atoms with Crippen LogP contribution in [-0.2, 0) is 17.5 Å². The number of carbonyl (C=O) groups excluding carboxylic acids is 1. The number of hydrogen-bond acceptors (Lipinski definition) is 4. The number of nitrogens with one attached hydrogen (secondary N) is 1. The minimum atomic E-state index is -4.60. The predicted molar refractivity (Wildman–Crippen MR) is 80.1 cm³/mol. The van der Waals surface area contributed by atoms with Crippen molar-refractivity contribution >= 4 is 29.2 Å². The van der Waals surface area contributed by atoms with Crippen molar-refractivity contribution in [3.05, 3.63) is 28.7 Å². The standard InChI is InChI=1S/C13H13ClF3N5O3/c1-21(3-2-10(23)24)12(25)18-5-9-19-20-11-8(14)4-7(6-22(9)11)13(15,16)17/h4,6H,2-3,5H2,1H3,(H,18,25)(H,23,24). The lowest BCUT2D eigenvalue weighted by atomic mass is 10.3. The molecule has 25 heavy (non-hydrogen) atoms. The topological polar surface area (TPSA) is 99.8 Å². The summed E-state index contributed by atoms with van der Waals surface area (Å²) in [7, 11) is 1.39. The fourth-order valence-corrected chi connectivity index (χ4v) is 2.18. The third-order valence-corrected chi connectivity index (χ3v) is 3.54. The number of carboxylic acids is 1. The lowest BCUT2D eigenvalue weighted by molar-refractivity contribution is -0.138. The molecule has 2 heterocycles. The minimum Gasteiger partial charge on any atom is -0.481 e. The zero-order valence-electron chi connectivity index (χ0n) is 12.8. The second-order valence-electron chi connectivity index (χ2n) is 5.11. The Morgan fingerprint density at radius 1 is 1.40 bits per heavy atom. The Morgan fingerprint density at radius 2 is 2.08 bits per heavy atom. The zero-order valence-corrected chi connectivity index (χ0v) is 13.6. The number of alkyl halides is 3. The normalized spacial score (nSPS) is 11.6. The van der Waals surface area contributed by atoms with Crippen LogP contribution in [0.4, 0.5) is 18.0 Å². The molecule has 2 aromatic heterocycles. The number of nitrogens with zero attached hydrogens (tertiary/aromatic N) is 4. The number of rotatable bonds is 5. The number of hydrogen-bond donors (Lipinski definition) is 2. The molecule has 0 atom stereocenters. The Hall–Kier alpha value is -2.56. The van der Waals surface area contributed by atoms with E-state index in [9.17, 15) is 22.8 Å². The van der Waals surface area contributed by atoms with Gasteiger partial charge in [0, 0.05) is 19.8 Å². The van der Waals surface area contributed by atoms with Crippen molar-refractivity contribution in [1.29, 1.82) is 0 Å². The van der Waals surface area contributed by atoms with Crippen molar-refractivity contribution in [2.24, 2.45) is 0 Å². The molecule has 2 amide bonds. The van der Waals surface area contributed by atoms with Crippen LogP contribution in [0.2, 0.25) is 5.02 Å². The minimum absolute atomic E-state index is 0.0220. The van der Waals surface area contributed by atoms with Crippen molar-refractivity contribution in [3.63, 3.8) is 0 Å². The van der Waals surface area contributed by atoms with Crippen molar-refractivity contribution in [1.82, 2.24) is 24.8 Å². The van der Waals surface area contributed by atoms with E-state index in [0.717, 1.165) is 21.6 Å². The number of aromatic nitrogens is 3. The first kappa shape index (κ1) is 18.8. The average molecular weight is 380 g/mol. The van der Waals surface area contributed by atoms with E-state index < -0.39 is 23.7 Å². The summed E-state index contributed by atoms with van der Waals surface area (Å²) >= 11 is 5.79. The maximum atomic E-state index is 12.9. The molecule has 0 radical (unpaired) electrons. The Balaban J connectivity index is 2.15. The van der Waals surface area contributed by atoms with Gasteiger partial charge < -0.3 is 15.3 Å². The van der Waals surface area contributed by atoms with Gasteiger partial charge in [-0.05, 0) is 6.07 Å². The van der Waals surface area contributed by atoms with E-state index in [0.29, 0.717) is 0 Å². The SMILES string of the molecule is CN(CCC(=O)O)C(=O)NCc1nnc2c(Cl)cc(C(F)(F)F)cn12. The molecule has 0 fully saturated rings. The Bertz CT molecular complexity index is 808. The summed E-state index contributed by atoms with van der Waals surface area (Å²) in [5.41, 5.74) is -0.950. The van der Waals surface area contributed by atoms with Gasteiger partial charge in [0.15, 0.2) is 11.5 Å². The highest BCUT2D eigenvalue weighted by atomic mass is 35.5. The number of carboxylic acid groups (broad SMARTS) is 1. The Kier molecular flexibility index (Phi) is 5.36. The molecule has 8 nitrogen and oxygen atoms in total. The number of fused-ring (bicyclic) bond motifs is 1. The van der Waals surface area contributed by atoms with Gasteiger partial charge in [-0.15, -0.1) is 10.2 Å². The summed E-state index contributed by atoms with van der Waals surface area (Å²) in [6, 6.07) is 0.143. The Labute approximate surface area is 144 Å². The molecule has 0 aliphatic rings. The molecular formula is C13H13ClF3N5O3. The summed E-state index contributed by atoms with van der Waals surface area (Å²) in [4.78, 5) is 23.4. The Morgan fingerprint density at radius 3 is 2.68 bits per heavy atom. The van der Waals surface area contributed by atoms with Crippen LogP contribution in [0, 0.1) is 0 Å². The molecule has 2 N–H and O–H groups in total. The molecular weight excluding hydrogens is 367 g/mol. The van der Waals surface area contributed by atoms with Crippen LogP contribution >= 0.6 is 11.6 Å². The number of pyridine rings is 1. The van der Waals surface area contributed by atoms with Crippen LogP contribution in [-0.4, -0.2) is 50.2 Å². The lowest BCUT2D eigenvalue weighted by Crippen LogP contribution is -2.38. The predicted octanol–water partition coefficient (Wildman–Crippen LogP) is 2.02. The van der Waals surface area contributed by atoms with Crippen molar-refractivity contribution < 1.29 is 27.9 Å². The summed E-state index contributed by atoms with van der Waals surface area (Å²) in [6.45, 7) is -0.235. The van der Waals surface area contributed by atoms with Crippen molar-refractivity contribution in [2.45, 2.75) is 19.1 Å². The van der Waals surface area contributed by atoms with Gasteiger partial charge in [0.25, 0.3) is 0 Å². The molecule has 0 bridgehead atoms. The fourth-order valence-electron chi connectivity index (χ4n) is 1.93. The summed E-state index contributed by atoms with van der Waals surface area (Å²) < 4.78 is 39.6. The third kappa shape index (κ3) is 4.50. The lowest BCUT2D eigenvalue weighted by Gasteiger charge is -2.16. The first-order valence-electron chi connectivity index (χ1n) is 6.90. The largest absolute Gasteiger partial charge is 0.481 e. The van der Waals surface area contributed by atoms with Crippen LogP contribution in [0.3, 0.4) is 0 Å². The highest BCUT2D eigenvalue weighted by Crippen LogP contribution is 2.32. The first-order chi connectivity index (χ1) is 11.6. The number of carbonyl (C=O) groups is 2. The second-order valence-corrected chi connectivity index (χ2v) is 5.52. The maximum Gasteiger partial charge on any atom is 0.417 e. The molecule has 12 heteroatoms. The molecule has 2 rings (SSSR count). The van der Waals surface area contributed by atoms with Crippen LogP contribution in [0.5, 0.6) is 0 Å². The van der Waals surface area contributed by atoms with E-state index in [2.05, 4.69) is 15.5 Å². The molecule has 0 saturated heterocycles. The van der Waals surface area contributed by atoms with Crippen LogP contribution in [0.15, 0.2) is 12.3 Å². The molecule has 0 unspecified atom stereocenters. The summed E-state index contributed by atoms with van der Waals surface area (Å²) in [6.07, 6.45) is -4.04. The smallest absolute Gasteiger partial charge is 0.417 e. The number of urea groups is 1. The maximum absolute atomic E-state index is 12.9. The summed E-state index contributed by atoms with van der Waals surface area (Å²) in [5, 5.41) is 18.2. The second kappa shape index (κ2) is 7.13. The van der Waals surface area contributed by atoms with Gasteiger partial charge in [0.1, 0.15) is 0 Å². The highest BCUT2D eigenvalue weighted by Gasteiger charge is 2.32. The quantitative estimate of drug-likeness (QED) is 0.828. The van der Waals surface area contributed by atoms with E-state index in [1.807, 2.05) is 0 Å². The first-order valence-corrected chi connectivity index (χ1v) is 7.28. The highest BCUT2D eigenvalue weighted by molar-refractivity contribution is 6.33. The monoisotopic (exact) mass is 379 g/mol. The van der Waals surface area contributed by atoms with Crippen molar-refractivity contribution in [3.8, 4) is 0 Å². The molecule has 0 spiro atoms. The third-order valence-electron chi connectivity index (χ3n) is 3.26. The van der Waals surface area contributed by atoms with E-state index in [4.69, 9.17) is 16.7 Å². The number of aliphatic carboxylic acids is 1. The molecule has 136 valence electrons. The number of halogens is 4. The van der Waals surface area contributed by atoms with Gasteiger partial charge in [-0.25, -0.2) is 4.79 Å². The zero-order chi connectivity index (χ0) is 18.8. The van der Waals surface area contributed by atoms with Gasteiger partial charge in [0.2, 0.25) is 0 Å². The van der Waals surface area contributed by atoms with E-state index >= 15 is 0 Å². The van der Waals surface area contributed by atoms with Gasteiger partial charge in [-0.3, -0.25) is 9.20 Å². The average Bonchev–Trinajstić information content (AvgIpc) is 2.93. The fraction of sp³-hybridized carbons (Fsp3) is 0.385. The molecule has 2 aromatic rings. The van der Waals surface area contributed by atoms with Gasteiger partial charge in [-0.1, -0.05) is 11.6 Å². The molecule has 0 saturated carbocycles. The molecule has 0 aliphatic heterocycles.